The first kappa shape index (κ1) is 12.4. The Kier molecular flexibility index (Phi) is 4.02. The highest BCUT2D eigenvalue weighted by Gasteiger charge is 2.26. The molecule has 2 unspecified atom stereocenters. The molecule has 2 atom stereocenters. The molecule has 0 radical (unpaired) electrons. The maximum atomic E-state index is 9.17. The molecular formula is C14H21NO2. The van der Waals surface area contributed by atoms with Crippen molar-refractivity contribution in [2.45, 2.75) is 19.4 Å². The predicted molar refractivity (Wildman–Crippen MR) is 68.2 cm³/mol. The molecule has 0 saturated carbocycles. The van der Waals surface area contributed by atoms with E-state index in [9.17, 15) is 5.11 Å². The van der Waals surface area contributed by atoms with Crippen LogP contribution in [0.4, 0.5) is 0 Å². The van der Waals surface area contributed by atoms with Crippen molar-refractivity contribution in [1.29, 1.82) is 0 Å². The quantitative estimate of drug-likeness (QED) is 0.867. The molecule has 3 heteroatoms. The van der Waals surface area contributed by atoms with Gasteiger partial charge in [-0.3, -0.25) is 4.90 Å². The third-order valence-electron chi connectivity index (χ3n) is 3.70. The van der Waals surface area contributed by atoms with Crippen LogP contribution in [-0.2, 0) is 0 Å². The first-order valence-corrected chi connectivity index (χ1v) is 6.23. The van der Waals surface area contributed by atoms with Gasteiger partial charge in [0.1, 0.15) is 5.75 Å². The average Bonchev–Trinajstić information content (AvgIpc) is 2.86. The molecule has 0 aliphatic carbocycles. The van der Waals surface area contributed by atoms with Crippen LogP contribution >= 0.6 is 0 Å². The van der Waals surface area contributed by atoms with Gasteiger partial charge >= 0.3 is 0 Å². The van der Waals surface area contributed by atoms with E-state index in [0.717, 1.165) is 25.3 Å². The standard InChI is InChI=1S/C14H21NO2/c1-11(15-7-6-12(9-15)10-16)13-4-3-5-14(8-13)17-2/h3-5,8,11-12,16H,6-7,9-10H2,1-2H3. The van der Waals surface area contributed by atoms with Crippen LogP contribution < -0.4 is 4.74 Å². The van der Waals surface area contributed by atoms with Gasteiger partial charge in [-0.1, -0.05) is 12.1 Å². The van der Waals surface area contributed by atoms with Crippen molar-refractivity contribution in [2.75, 3.05) is 26.8 Å². The summed E-state index contributed by atoms with van der Waals surface area (Å²) in [6.45, 7) is 4.59. The zero-order chi connectivity index (χ0) is 12.3. The number of hydrogen-bond donors (Lipinski definition) is 1. The lowest BCUT2D eigenvalue weighted by Crippen LogP contribution is -2.25. The van der Waals surface area contributed by atoms with E-state index in [0.29, 0.717) is 18.6 Å². The Balaban J connectivity index is 2.06. The highest BCUT2D eigenvalue weighted by atomic mass is 16.5. The van der Waals surface area contributed by atoms with Crippen molar-refractivity contribution < 1.29 is 9.84 Å². The van der Waals surface area contributed by atoms with E-state index in [1.165, 1.54) is 5.56 Å². The lowest BCUT2D eigenvalue weighted by Gasteiger charge is -2.24. The lowest BCUT2D eigenvalue weighted by atomic mass is 10.1. The van der Waals surface area contributed by atoms with Crippen LogP contribution in [0, 0.1) is 5.92 Å². The molecule has 0 aromatic heterocycles. The second-order valence-electron chi connectivity index (χ2n) is 4.78. The van der Waals surface area contributed by atoms with E-state index in [-0.39, 0.29) is 0 Å². The van der Waals surface area contributed by atoms with Crippen LogP contribution in [0.5, 0.6) is 5.75 Å². The summed E-state index contributed by atoms with van der Waals surface area (Å²) in [5, 5.41) is 9.17. The molecule has 0 spiro atoms. The molecule has 1 heterocycles. The van der Waals surface area contributed by atoms with Crippen LogP contribution in [0.25, 0.3) is 0 Å². The van der Waals surface area contributed by atoms with Crippen molar-refractivity contribution >= 4 is 0 Å². The fourth-order valence-corrected chi connectivity index (χ4v) is 2.48. The van der Waals surface area contributed by atoms with Crippen LogP contribution in [-0.4, -0.2) is 36.8 Å². The van der Waals surface area contributed by atoms with E-state index in [1.807, 2.05) is 12.1 Å². The van der Waals surface area contributed by atoms with Crippen molar-refractivity contribution in [2.24, 2.45) is 5.92 Å². The Morgan fingerprint density at radius 2 is 2.35 bits per heavy atom. The number of aliphatic hydroxyl groups excluding tert-OH is 1. The molecule has 1 aliphatic heterocycles. The van der Waals surface area contributed by atoms with Gasteiger partial charge in [-0.15, -0.1) is 0 Å². The van der Waals surface area contributed by atoms with Crippen molar-refractivity contribution in [3.63, 3.8) is 0 Å². The summed E-state index contributed by atoms with van der Waals surface area (Å²) in [5.41, 5.74) is 1.28. The maximum Gasteiger partial charge on any atom is 0.119 e. The smallest absolute Gasteiger partial charge is 0.119 e. The second-order valence-corrected chi connectivity index (χ2v) is 4.78. The molecule has 3 nitrogen and oxygen atoms in total. The lowest BCUT2D eigenvalue weighted by molar-refractivity contribution is 0.204. The zero-order valence-corrected chi connectivity index (χ0v) is 10.6. The van der Waals surface area contributed by atoms with E-state index in [4.69, 9.17) is 4.74 Å². The van der Waals surface area contributed by atoms with Crippen LogP contribution in [0.15, 0.2) is 24.3 Å². The molecule has 17 heavy (non-hydrogen) atoms. The van der Waals surface area contributed by atoms with Gasteiger partial charge in [-0.25, -0.2) is 0 Å². The molecule has 0 amide bonds. The average molecular weight is 235 g/mol. The molecule has 94 valence electrons. The Bertz CT molecular complexity index is 367. The molecule has 1 aromatic carbocycles. The molecule has 0 bridgehead atoms. The molecule has 1 N–H and O–H groups in total. The van der Waals surface area contributed by atoms with Gasteiger partial charge in [0.15, 0.2) is 0 Å². The van der Waals surface area contributed by atoms with Crippen LogP contribution in [0.1, 0.15) is 24.9 Å². The predicted octanol–water partition coefficient (Wildman–Crippen LogP) is 2.07. The zero-order valence-electron chi connectivity index (χ0n) is 10.6. The van der Waals surface area contributed by atoms with Crippen molar-refractivity contribution in [3.8, 4) is 5.75 Å². The minimum Gasteiger partial charge on any atom is -0.497 e. The minimum atomic E-state index is 0.307. The number of ether oxygens (including phenoxy) is 1. The fraction of sp³-hybridized carbons (Fsp3) is 0.571. The summed E-state index contributed by atoms with van der Waals surface area (Å²) in [4.78, 5) is 2.43. The van der Waals surface area contributed by atoms with Gasteiger partial charge in [-0.2, -0.15) is 0 Å². The molecular weight excluding hydrogens is 214 g/mol. The number of methoxy groups -OCH3 is 1. The van der Waals surface area contributed by atoms with E-state index in [2.05, 4.69) is 24.0 Å². The van der Waals surface area contributed by atoms with Gasteiger partial charge in [0.2, 0.25) is 0 Å². The van der Waals surface area contributed by atoms with E-state index < -0.39 is 0 Å². The minimum absolute atomic E-state index is 0.307. The van der Waals surface area contributed by atoms with Gasteiger partial charge < -0.3 is 9.84 Å². The highest BCUT2D eigenvalue weighted by molar-refractivity contribution is 5.30. The number of aliphatic hydroxyl groups is 1. The summed E-state index contributed by atoms with van der Waals surface area (Å²) in [6, 6.07) is 8.62. The van der Waals surface area contributed by atoms with Crippen LogP contribution in [0.3, 0.4) is 0 Å². The highest BCUT2D eigenvalue weighted by Crippen LogP contribution is 2.28. The summed E-state index contributed by atoms with van der Waals surface area (Å²) in [5.74, 6) is 1.36. The first-order chi connectivity index (χ1) is 8.24. The third-order valence-corrected chi connectivity index (χ3v) is 3.70. The Morgan fingerprint density at radius 1 is 1.53 bits per heavy atom. The number of rotatable bonds is 4. The number of hydrogen-bond acceptors (Lipinski definition) is 3. The third kappa shape index (κ3) is 2.79. The van der Waals surface area contributed by atoms with Crippen molar-refractivity contribution in [3.05, 3.63) is 29.8 Å². The van der Waals surface area contributed by atoms with Gasteiger partial charge in [0.25, 0.3) is 0 Å². The Morgan fingerprint density at radius 3 is 3.00 bits per heavy atom. The monoisotopic (exact) mass is 235 g/mol. The largest absolute Gasteiger partial charge is 0.497 e. The molecule has 1 saturated heterocycles. The molecule has 1 aromatic rings. The van der Waals surface area contributed by atoms with Gasteiger partial charge in [0, 0.05) is 19.2 Å². The normalized spacial score (nSPS) is 22.6. The topological polar surface area (TPSA) is 32.7 Å². The molecule has 1 fully saturated rings. The SMILES string of the molecule is COc1cccc(C(C)N2CCC(CO)C2)c1. The Hall–Kier alpha value is -1.06. The maximum absolute atomic E-state index is 9.17. The first-order valence-electron chi connectivity index (χ1n) is 6.23. The molecule has 2 rings (SSSR count). The number of nitrogens with zero attached hydrogens (tertiary/aromatic N) is 1. The fourth-order valence-electron chi connectivity index (χ4n) is 2.48. The summed E-state index contributed by atoms with van der Waals surface area (Å²) < 4.78 is 5.25. The summed E-state index contributed by atoms with van der Waals surface area (Å²) in [7, 11) is 1.70. The second kappa shape index (κ2) is 5.52. The van der Waals surface area contributed by atoms with Crippen LogP contribution in [0.2, 0.25) is 0 Å². The number of benzene rings is 1. The summed E-state index contributed by atoms with van der Waals surface area (Å²) >= 11 is 0. The van der Waals surface area contributed by atoms with Gasteiger partial charge in [-0.05, 0) is 43.5 Å². The van der Waals surface area contributed by atoms with Gasteiger partial charge in [0.05, 0.1) is 7.11 Å². The Labute approximate surface area is 103 Å². The summed E-state index contributed by atoms with van der Waals surface area (Å²) in [6.07, 6.45) is 1.10. The van der Waals surface area contributed by atoms with E-state index >= 15 is 0 Å². The number of likely N-dealkylation sites (tertiary alicyclic amines) is 1. The van der Waals surface area contributed by atoms with Crippen molar-refractivity contribution in [1.82, 2.24) is 4.90 Å². The van der Waals surface area contributed by atoms with E-state index in [1.54, 1.807) is 7.11 Å². The molecule has 1 aliphatic rings.